The molecule has 7 heteroatoms. The first-order chi connectivity index (χ1) is 7.95. The van der Waals surface area contributed by atoms with Crippen molar-refractivity contribution in [1.82, 2.24) is 8.61 Å². The van der Waals surface area contributed by atoms with Crippen molar-refractivity contribution in [3.8, 4) is 0 Å². The van der Waals surface area contributed by atoms with E-state index in [1.54, 1.807) is 13.8 Å². The molecule has 0 aromatic heterocycles. The maximum absolute atomic E-state index is 12.3. The topological polar surface area (TPSA) is 77.9 Å². The van der Waals surface area contributed by atoms with Gasteiger partial charge < -0.3 is 5.11 Å². The zero-order valence-electron chi connectivity index (χ0n) is 10.3. The van der Waals surface area contributed by atoms with Crippen LogP contribution >= 0.6 is 0 Å². The quantitative estimate of drug-likeness (QED) is 0.785. The Morgan fingerprint density at radius 3 is 2.41 bits per heavy atom. The Hall–Kier alpha value is -0.660. The molecule has 1 fully saturated rings. The van der Waals surface area contributed by atoms with E-state index in [-0.39, 0.29) is 0 Å². The van der Waals surface area contributed by atoms with Crippen LogP contribution in [0.15, 0.2) is 0 Å². The van der Waals surface area contributed by atoms with E-state index in [0.29, 0.717) is 26.1 Å². The van der Waals surface area contributed by atoms with E-state index in [1.807, 2.05) is 0 Å². The second-order valence-corrected chi connectivity index (χ2v) is 5.93. The Bertz CT molecular complexity index is 365. The van der Waals surface area contributed by atoms with Gasteiger partial charge in [0.15, 0.2) is 0 Å². The number of nitrogens with zero attached hydrogens (tertiary/aromatic N) is 2. The first-order valence-corrected chi connectivity index (χ1v) is 7.34. The number of carboxylic acids is 1. The maximum atomic E-state index is 12.3. The van der Waals surface area contributed by atoms with Crippen LogP contribution in [0.5, 0.6) is 0 Å². The van der Waals surface area contributed by atoms with E-state index in [9.17, 15) is 13.2 Å². The number of piperidine rings is 1. The molecule has 0 aliphatic carbocycles. The molecule has 0 unspecified atom stereocenters. The van der Waals surface area contributed by atoms with Crippen LogP contribution in [0.3, 0.4) is 0 Å². The summed E-state index contributed by atoms with van der Waals surface area (Å²) in [4.78, 5) is 11.1. The van der Waals surface area contributed by atoms with Crippen molar-refractivity contribution in [3.63, 3.8) is 0 Å². The fourth-order valence-corrected chi connectivity index (χ4v) is 3.95. The monoisotopic (exact) mass is 264 g/mol. The number of rotatable bonds is 5. The average Bonchev–Trinajstić information content (AvgIpc) is 2.30. The Kier molecular flexibility index (Phi) is 4.91. The van der Waals surface area contributed by atoms with E-state index in [0.717, 1.165) is 17.1 Å². The van der Waals surface area contributed by atoms with Crippen molar-refractivity contribution < 1.29 is 18.3 Å². The zero-order valence-corrected chi connectivity index (χ0v) is 11.1. The Morgan fingerprint density at radius 2 is 1.94 bits per heavy atom. The lowest BCUT2D eigenvalue weighted by Gasteiger charge is -2.35. The summed E-state index contributed by atoms with van der Waals surface area (Å²) in [5, 5.41) is 9.07. The largest absolute Gasteiger partial charge is 0.480 e. The highest BCUT2D eigenvalue weighted by Gasteiger charge is 2.38. The van der Waals surface area contributed by atoms with Gasteiger partial charge in [-0.05, 0) is 19.3 Å². The normalized spacial score (nSPS) is 22.9. The van der Waals surface area contributed by atoms with Crippen molar-refractivity contribution in [3.05, 3.63) is 0 Å². The summed E-state index contributed by atoms with van der Waals surface area (Å²) in [6, 6.07) is -0.908. The second kappa shape index (κ2) is 5.79. The van der Waals surface area contributed by atoms with E-state index in [4.69, 9.17) is 5.11 Å². The molecule has 1 atom stereocenters. The second-order valence-electron chi connectivity index (χ2n) is 4.05. The first kappa shape index (κ1) is 14.4. The molecule has 0 aromatic rings. The minimum atomic E-state index is -3.63. The standard InChI is InChI=1S/C10H20N2O4S/c1-3-11(4-2)17(15,16)12-8-6-5-7-9(12)10(13)14/h9H,3-8H2,1-2H3,(H,13,14)/t9-/m1/s1. The van der Waals surface area contributed by atoms with Gasteiger partial charge in [-0.25, -0.2) is 0 Å². The number of hydrogen-bond acceptors (Lipinski definition) is 3. The highest BCUT2D eigenvalue weighted by atomic mass is 32.2. The molecule has 1 aliphatic rings. The summed E-state index contributed by atoms with van der Waals surface area (Å²) in [5.74, 6) is -1.06. The number of carboxylic acid groups (broad SMARTS) is 1. The summed E-state index contributed by atoms with van der Waals surface area (Å²) < 4.78 is 26.9. The molecule has 17 heavy (non-hydrogen) atoms. The summed E-state index contributed by atoms with van der Waals surface area (Å²) in [7, 11) is -3.63. The molecule has 1 saturated heterocycles. The van der Waals surface area contributed by atoms with Crippen molar-refractivity contribution in [2.24, 2.45) is 0 Å². The zero-order chi connectivity index (χ0) is 13.1. The third-order valence-electron chi connectivity index (χ3n) is 3.07. The molecule has 0 aromatic carbocycles. The molecule has 1 rings (SSSR count). The van der Waals surface area contributed by atoms with Gasteiger partial charge in [0.25, 0.3) is 10.2 Å². The van der Waals surface area contributed by atoms with E-state index >= 15 is 0 Å². The van der Waals surface area contributed by atoms with Gasteiger partial charge in [0.2, 0.25) is 0 Å². The minimum absolute atomic E-state index is 0.301. The van der Waals surface area contributed by atoms with Crippen LogP contribution in [-0.2, 0) is 15.0 Å². The molecular weight excluding hydrogens is 244 g/mol. The van der Waals surface area contributed by atoms with Gasteiger partial charge >= 0.3 is 5.97 Å². The molecule has 1 aliphatic heterocycles. The molecule has 6 nitrogen and oxygen atoms in total. The Balaban J connectivity index is 2.98. The molecular formula is C10H20N2O4S. The number of carbonyl (C=O) groups is 1. The lowest BCUT2D eigenvalue weighted by atomic mass is 10.1. The number of hydrogen-bond donors (Lipinski definition) is 1. The summed E-state index contributed by atoms with van der Waals surface area (Å²) in [6.45, 7) is 4.53. The molecule has 0 spiro atoms. The number of aliphatic carboxylic acids is 1. The molecule has 0 saturated carbocycles. The Morgan fingerprint density at radius 1 is 1.35 bits per heavy atom. The summed E-state index contributed by atoms with van der Waals surface area (Å²) >= 11 is 0. The molecule has 100 valence electrons. The van der Waals surface area contributed by atoms with Gasteiger partial charge in [-0.1, -0.05) is 13.8 Å². The highest BCUT2D eigenvalue weighted by molar-refractivity contribution is 7.86. The van der Waals surface area contributed by atoms with Gasteiger partial charge in [-0.15, -0.1) is 0 Å². The van der Waals surface area contributed by atoms with Gasteiger partial charge in [0, 0.05) is 19.6 Å². The van der Waals surface area contributed by atoms with Crippen LogP contribution in [0.2, 0.25) is 0 Å². The van der Waals surface area contributed by atoms with Crippen LogP contribution in [-0.4, -0.2) is 53.8 Å². The first-order valence-electron chi connectivity index (χ1n) is 5.94. The van der Waals surface area contributed by atoms with Gasteiger partial charge in [-0.2, -0.15) is 17.0 Å². The lowest BCUT2D eigenvalue weighted by Crippen LogP contribution is -2.53. The van der Waals surface area contributed by atoms with Crippen molar-refractivity contribution in [1.29, 1.82) is 0 Å². The Labute approximate surface area is 102 Å². The summed E-state index contributed by atoms with van der Waals surface area (Å²) in [5.41, 5.74) is 0. The summed E-state index contributed by atoms with van der Waals surface area (Å²) in [6.07, 6.45) is 1.89. The van der Waals surface area contributed by atoms with Crippen molar-refractivity contribution in [2.45, 2.75) is 39.2 Å². The lowest BCUT2D eigenvalue weighted by molar-refractivity contribution is -0.142. The van der Waals surface area contributed by atoms with Crippen molar-refractivity contribution in [2.75, 3.05) is 19.6 Å². The van der Waals surface area contributed by atoms with Gasteiger partial charge in [0.1, 0.15) is 6.04 Å². The van der Waals surface area contributed by atoms with E-state index in [2.05, 4.69) is 0 Å². The van der Waals surface area contributed by atoms with Gasteiger partial charge in [-0.3, -0.25) is 4.79 Å². The fourth-order valence-electron chi connectivity index (χ4n) is 2.13. The third-order valence-corrected chi connectivity index (χ3v) is 5.27. The molecule has 0 radical (unpaired) electrons. The predicted octanol–water partition coefficient (Wildman–Crippen LogP) is 0.512. The molecule has 0 bridgehead atoms. The van der Waals surface area contributed by atoms with E-state index < -0.39 is 22.2 Å². The van der Waals surface area contributed by atoms with Crippen LogP contribution in [0.4, 0.5) is 0 Å². The van der Waals surface area contributed by atoms with Crippen LogP contribution in [0, 0.1) is 0 Å². The molecule has 1 N–H and O–H groups in total. The maximum Gasteiger partial charge on any atom is 0.322 e. The fraction of sp³-hybridized carbons (Fsp3) is 0.900. The minimum Gasteiger partial charge on any atom is -0.480 e. The van der Waals surface area contributed by atoms with Crippen LogP contribution < -0.4 is 0 Å². The van der Waals surface area contributed by atoms with E-state index in [1.165, 1.54) is 4.31 Å². The smallest absolute Gasteiger partial charge is 0.322 e. The van der Waals surface area contributed by atoms with Crippen molar-refractivity contribution >= 4 is 16.2 Å². The molecule has 1 heterocycles. The predicted molar refractivity (Wildman–Crippen MR) is 63.8 cm³/mol. The third kappa shape index (κ3) is 2.97. The highest BCUT2D eigenvalue weighted by Crippen LogP contribution is 2.22. The van der Waals surface area contributed by atoms with Crippen LogP contribution in [0.1, 0.15) is 33.1 Å². The van der Waals surface area contributed by atoms with Crippen LogP contribution in [0.25, 0.3) is 0 Å². The SMILES string of the molecule is CCN(CC)S(=O)(=O)N1CCCC[C@@H]1C(=O)O. The average molecular weight is 264 g/mol. The molecule has 0 amide bonds. The van der Waals surface area contributed by atoms with Gasteiger partial charge in [0.05, 0.1) is 0 Å².